The second-order valence-corrected chi connectivity index (χ2v) is 10.5. The van der Waals surface area contributed by atoms with E-state index in [0.717, 1.165) is 28.5 Å². The third kappa shape index (κ3) is 5.37. The van der Waals surface area contributed by atoms with Gasteiger partial charge in [0.15, 0.2) is 0 Å². The van der Waals surface area contributed by atoms with Gasteiger partial charge in [0.25, 0.3) is 0 Å². The number of hydrogen-bond donors (Lipinski definition) is 2. The third-order valence-electron chi connectivity index (χ3n) is 7.87. The second kappa shape index (κ2) is 12.0. The summed E-state index contributed by atoms with van der Waals surface area (Å²) in [4.78, 5) is 49.3. The average Bonchev–Trinajstić information content (AvgIpc) is 2.96. The highest BCUT2D eigenvalue weighted by atomic mass is 16.2. The molecule has 2 fully saturated rings. The molecule has 1 aromatic heterocycles. The number of amides is 4. The number of nitrogens with one attached hydrogen (secondary N) is 1. The summed E-state index contributed by atoms with van der Waals surface area (Å²) in [6, 6.07) is 18.0. The van der Waals surface area contributed by atoms with E-state index in [9.17, 15) is 14.4 Å². The normalized spacial score (nSPS) is 21.6. The standard InChI is InChI=1S/C30H37N7O3/c1-21-28-36(26(38)20-34(2)37(28)30(40)33-18-22-10-4-3-5-11-22)25(15-6-7-16-31)29(39)35(21)19-24-13-8-12-23-14-9-17-32-27(23)24/h3-5,8-14,17,21,25,28H,6-7,15-16,18-20,31H2,1-2H3,(H,33,40)/t21-,25-,28-/m0/s1. The summed E-state index contributed by atoms with van der Waals surface area (Å²) in [6.07, 6.45) is 3.03. The monoisotopic (exact) mass is 543 g/mol. The lowest BCUT2D eigenvalue weighted by Crippen LogP contribution is -2.78. The van der Waals surface area contributed by atoms with Gasteiger partial charge in [-0.05, 0) is 49.9 Å². The number of pyridine rings is 1. The van der Waals surface area contributed by atoms with Crippen molar-refractivity contribution in [2.24, 2.45) is 5.73 Å². The smallest absolute Gasteiger partial charge is 0.333 e. The molecule has 2 aliphatic heterocycles. The van der Waals surface area contributed by atoms with Crippen molar-refractivity contribution in [1.29, 1.82) is 0 Å². The summed E-state index contributed by atoms with van der Waals surface area (Å²) < 4.78 is 0. The molecule has 0 saturated carbocycles. The number of carbonyl (C=O) groups excluding carboxylic acids is 3. The molecule has 3 heterocycles. The average molecular weight is 544 g/mol. The molecule has 10 heteroatoms. The molecule has 210 valence electrons. The van der Waals surface area contributed by atoms with Crippen LogP contribution in [0.1, 0.15) is 37.3 Å². The molecule has 3 N–H and O–H groups in total. The number of carbonyl (C=O) groups is 3. The zero-order chi connectivity index (χ0) is 28.2. The summed E-state index contributed by atoms with van der Waals surface area (Å²) >= 11 is 0. The fourth-order valence-electron chi connectivity index (χ4n) is 5.86. The number of urea groups is 1. The molecule has 2 aromatic carbocycles. The molecule has 2 saturated heterocycles. The van der Waals surface area contributed by atoms with Crippen molar-refractivity contribution in [1.82, 2.24) is 30.1 Å². The molecule has 40 heavy (non-hydrogen) atoms. The van der Waals surface area contributed by atoms with Crippen LogP contribution in [0.4, 0.5) is 4.79 Å². The Labute approximate surface area is 234 Å². The largest absolute Gasteiger partial charge is 0.334 e. The molecular weight excluding hydrogens is 506 g/mol. The van der Waals surface area contributed by atoms with E-state index >= 15 is 0 Å². The van der Waals surface area contributed by atoms with Crippen LogP contribution in [0.3, 0.4) is 0 Å². The number of likely N-dealkylation sites (N-methyl/N-ethyl adjacent to an activating group) is 1. The second-order valence-electron chi connectivity index (χ2n) is 10.5. The highest BCUT2D eigenvalue weighted by Gasteiger charge is 2.53. The topological polar surface area (TPSA) is 115 Å². The Morgan fingerprint density at radius 2 is 1.82 bits per heavy atom. The molecule has 2 aliphatic rings. The van der Waals surface area contributed by atoms with Crippen LogP contribution in [-0.4, -0.2) is 81.0 Å². The number of hydrazine groups is 1. The maximum atomic E-state index is 14.1. The Bertz CT molecular complexity index is 1360. The molecular formula is C30H37N7O3. The van der Waals surface area contributed by atoms with Gasteiger partial charge in [0.2, 0.25) is 11.8 Å². The number of para-hydroxylation sites is 1. The van der Waals surface area contributed by atoms with Gasteiger partial charge in [0, 0.05) is 31.7 Å². The molecule has 3 aromatic rings. The van der Waals surface area contributed by atoms with Crippen LogP contribution >= 0.6 is 0 Å². The first kappa shape index (κ1) is 27.5. The fourth-order valence-corrected chi connectivity index (χ4v) is 5.86. The van der Waals surface area contributed by atoms with Gasteiger partial charge in [-0.3, -0.25) is 14.6 Å². The summed E-state index contributed by atoms with van der Waals surface area (Å²) in [5.41, 5.74) is 8.48. The number of rotatable bonds is 8. The first-order valence-corrected chi connectivity index (χ1v) is 13.9. The predicted molar refractivity (Wildman–Crippen MR) is 152 cm³/mol. The maximum absolute atomic E-state index is 14.1. The Hall–Kier alpha value is -4.02. The lowest BCUT2D eigenvalue weighted by atomic mass is 9.95. The maximum Gasteiger partial charge on any atom is 0.334 e. The van der Waals surface area contributed by atoms with Crippen LogP contribution in [0.25, 0.3) is 10.9 Å². The van der Waals surface area contributed by atoms with E-state index in [1.165, 1.54) is 0 Å². The van der Waals surface area contributed by atoms with Gasteiger partial charge in [-0.25, -0.2) is 14.8 Å². The number of unbranched alkanes of at least 4 members (excludes halogenated alkanes) is 1. The van der Waals surface area contributed by atoms with Crippen LogP contribution in [-0.2, 0) is 22.7 Å². The van der Waals surface area contributed by atoms with E-state index in [4.69, 9.17) is 5.73 Å². The van der Waals surface area contributed by atoms with E-state index < -0.39 is 18.2 Å². The van der Waals surface area contributed by atoms with Crippen molar-refractivity contribution >= 4 is 28.7 Å². The summed E-state index contributed by atoms with van der Waals surface area (Å²) in [5, 5.41) is 7.27. The van der Waals surface area contributed by atoms with Crippen LogP contribution in [0.2, 0.25) is 0 Å². The molecule has 0 aliphatic carbocycles. The number of hydrogen-bond acceptors (Lipinski definition) is 6. The number of fused-ring (bicyclic) bond motifs is 2. The molecule has 10 nitrogen and oxygen atoms in total. The zero-order valence-electron chi connectivity index (χ0n) is 23.1. The quantitative estimate of drug-likeness (QED) is 0.422. The van der Waals surface area contributed by atoms with Crippen molar-refractivity contribution in [2.75, 3.05) is 20.1 Å². The van der Waals surface area contributed by atoms with E-state index in [1.54, 1.807) is 28.2 Å². The van der Waals surface area contributed by atoms with Crippen molar-refractivity contribution in [3.05, 3.63) is 78.0 Å². The number of aromatic nitrogens is 1. The first-order valence-electron chi connectivity index (χ1n) is 13.9. The van der Waals surface area contributed by atoms with Crippen LogP contribution in [0.15, 0.2) is 66.9 Å². The Morgan fingerprint density at radius 3 is 2.60 bits per heavy atom. The molecule has 0 unspecified atom stereocenters. The number of piperazine rings is 1. The minimum Gasteiger partial charge on any atom is -0.333 e. The predicted octanol–water partition coefficient (Wildman–Crippen LogP) is 2.69. The minimum absolute atomic E-state index is 0.00981. The summed E-state index contributed by atoms with van der Waals surface area (Å²) in [7, 11) is 1.74. The Kier molecular flexibility index (Phi) is 8.27. The van der Waals surface area contributed by atoms with Gasteiger partial charge in [-0.1, -0.05) is 54.6 Å². The lowest BCUT2D eigenvalue weighted by Gasteiger charge is -2.57. The van der Waals surface area contributed by atoms with Crippen molar-refractivity contribution in [3.63, 3.8) is 0 Å². The van der Waals surface area contributed by atoms with Gasteiger partial charge in [0.05, 0.1) is 18.1 Å². The van der Waals surface area contributed by atoms with E-state index in [1.807, 2.05) is 72.5 Å². The number of nitrogens with zero attached hydrogens (tertiary/aromatic N) is 5. The Morgan fingerprint density at radius 1 is 1.05 bits per heavy atom. The van der Waals surface area contributed by atoms with E-state index in [-0.39, 0.29) is 24.4 Å². The van der Waals surface area contributed by atoms with E-state index in [0.29, 0.717) is 32.5 Å². The SMILES string of the molecule is C[C@H]1[C@H]2N(C(=O)CN(C)N2C(=O)NCc2ccccc2)[C@@H](CCCCN)C(=O)N1Cc1cccc2cccnc12. The lowest BCUT2D eigenvalue weighted by molar-refractivity contribution is -0.196. The van der Waals surface area contributed by atoms with Crippen LogP contribution in [0.5, 0.6) is 0 Å². The zero-order valence-corrected chi connectivity index (χ0v) is 23.1. The molecule has 0 bridgehead atoms. The van der Waals surface area contributed by atoms with Gasteiger partial charge in [-0.15, -0.1) is 0 Å². The van der Waals surface area contributed by atoms with Crippen molar-refractivity contribution in [2.45, 2.75) is 57.5 Å². The molecule has 4 amide bonds. The number of benzene rings is 2. The molecule has 0 spiro atoms. The van der Waals surface area contributed by atoms with Gasteiger partial charge < -0.3 is 20.9 Å². The summed E-state index contributed by atoms with van der Waals surface area (Å²) in [6.45, 7) is 3.10. The Balaban J connectivity index is 1.49. The van der Waals surface area contributed by atoms with Crippen LogP contribution in [0, 0.1) is 0 Å². The molecule has 5 rings (SSSR count). The van der Waals surface area contributed by atoms with Gasteiger partial charge in [0.1, 0.15) is 12.2 Å². The number of nitrogens with two attached hydrogens (primary N) is 1. The van der Waals surface area contributed by atoms with E-state index in [2.05, 4.69) is 10.3 Å². The first-order chi connectivity index (χ1) is 19.4. The molecule has 0 radical (unpaired) electrons. The van der Waals surface area contributed by atoms with Crippen LogP contribution < -0.4 is 11.1 Å². The highest BCUT2D eigenvalue weighted by Crippen LogP contribution is 2.33. The highest BCUT2D eigenvalue weighted by molar-refractivity contribution is 5.92. The van der Waals surface area contributed by atoms with Gasteiger partial charge in [-0.2, -0.15) is 0 Å². The van der Waals surface area contributed by atoms with Crippen molar-refractivity contribution in [3.8, 4) is 0 Å². The third-order valence-corrected chi connectivity index (χ3v) is 7.87. The van der Waals surface area contributed by atoms with Gasteiger partial charge >= 0.3 is 6.03 Å². The summed E-state index contributed by atoms with van der Waals surface area (Å²) in [5.74, 6) is -0.278. The minimum atomic E-state index is -0.679. The van der Waals surface area contributed by atoms with Crippen molar-refractivity contribution < 1.29 is 14.4 Å². The fraction of sp³-hybridized carbons (Fsp3) is 0.400. The molecule has 3 atom stereocenters.